The second-order valence-corrected chi connectivity index (χ2v) is 5.18. The van der Waals surface area contributed by atoms with E-state index in [0.29, 0.717) is 6.92 Å². The van der Waals surface area contributed by atoms with Gasteiger partial charge in [0.1, 0.15) is 5.82 Å². The Bertz CT molecular complexity index is 531. The van der Waals surface area contributed by atoms with Crippen LogP contribution in [0.1, 0.15) is 6.92 Å². The Labute approximate surface area is 113 Å². The lowest BCUT2D eigenvalue weighted by Gasteiger charge is -2.37. The van der Waals surface area contributed by atoms with Crippen LogP contribution in [-0.4, -0.2) is 17.6 Å². The van der Waals surface area contributed by atoms with Gasteiger partial charge in [0.15, 0.2) is 0 Å². The van der Waals surface area contributed by atoms with Gasteiger partial charge in [-0.05, 0) is 35.6 Å². The number of alkyl halides is 3. The number of hydrogen-bond donors (Lipinski definition) is 2. The van der Waals surface area contributed by atoms with E-state index in [9.17, 15) is 22.4 Å². The maximum absolute atomic E-state index is 13.3. The second-order valence-electron chi connectivity index (χ2n) is 4.01. The van der Waals surface area contributed by atoms with E-state index >= 15 is 0 Å². The first kappa shape index (κ1) is 13.4. The van der Waals surface area contributed by atoms with Gasteiger partial charge in [0.25, 0.3) is 5.91 Å². The van der Waals surface area contributed by atoms with Crippen LogP contribution in [-0.2, 0) is 4.79 Å². The van der Waals surface area contributed by atoms with Gasteiger partial charge < -0.3 is 10.6 Å². The molecular formula is C10H7F4IN2O. The lowest BCUT2D eigenvalue weighted by atomic mass is 9.96. The first-order valence-corrected chi connectivity index (χ1v) is 5.88. The molecule has 0 bridgehead atoms. The summed E-state index contributed by atoms with van der Waals surface area (Å²) in [6.45, 7) is 0.709. The standard InChI is InChI=1S/C10H7F4IN2O/c1-9(10(12,13)14)8(18)16-6-3-5(15)4(11)2-7(6)17-9/h2-3,17H,1H3,(H,16,18). The van der Waals surface area contributed by atoms with E-state index in [4.69, 9.17) is 0 Å². The summed E-state index contributed by atoms with van der Waals surface area (Å²) in [6.07, 6.45) is -4.78. The number of amides is 1. The average Bonchev–Trinajstić information content (AvgIpc) is 2.21. The predicted molar refractivity (Wildman–Crippen MR) is 65.8 cm³/mol. The molecule has 18 heavy (non-hydrogen) atoms. The Hall–Kier alpha value is -1.06. The number of nitrogens with one attached hydrogen (secondary N) is 2. The van der Waals surface area contributed by atoms with E-state index in [1.54, 1.807) is 22.6 Å². The minimum Gasteiger partial charge on any atom is -0.362 e. The van der Waals surface area contributed by atoms with E-state index < -0.39 is 23.4 Å². The van der Waals surface area contributed by atoms with Crippen molar-refractivity contribution in [3.8, 4) is 0 Å². The molecule has 1 heterocycles. The van der Waals surface area contributed by atoms with Gasteiger partial charge >= 0.3 is 6.18 Å². The van der Waals surface area contributed by atoms with Crippen LogP contribution in [0.4, 0.5) is 28.9 Å². The van der Waals surface area contributed by atoms with Crippen LogP contribution < -0.4 is 10.6 Å². The first-order chi connectivity index (χ1) is 8.15. The number of fused-ring (bicyclic) bond motifs is 1. The molecule has 1 atom stereocenters. The third-order valence-corrected chi connectivity index (χ3v) is 3.54. The topological polar surface area (TPSA) is 41.1 Å². The molecular weight excluding hydrogens is 367 g/mol. The van der Waals surface area contributed by atoms with Crippen molar-refractivity contribution in [2.24, 2.45) is 0 Å². The molecule has 0 saturated heterocycles. The van der Waals surface area contributed by atoms with Crippen molar-refractivity contribution in [1.82, 2.24) is 0 Å². The van der Waals surface area contributed by atoms with Crippen LogP contribution in [0.2, 0.25) is 0 Å². The Balaban J connectivity index is 2.51. The highest BCUT2D eigenvalue weighted by Gasteiger charge is 2.58. The van der Waals surface area contributed by atoms with Crippen molar-refractivity contribution in [1.29, 1.82) is 0 Å². The van der Waals surface area contributed by atoms with Crippen molar-refractivity contribution < 1.29 is 22.4 Å². The molecule has 0 aromatic heterocycles. The summed E-state index contributed by atoms with van der Waals surface area (Å²) in [5.41, 5.74) is -2.72. The van der Waals surface area contributed by atoms with Crippen LogP contribution in [0.25, 0.3) is 0 Å². The maximum atomic E-state index is 13.3. The largest absolute Gasteiger partial charge is 0.420 e. The number of anilines is 2. The van der Waals surface area contributed by atoms with Gasteiger partial charge in [0.05, 0.1) is 14.9 Å². The molecule has 0 aliphatic carbocycles. The Morgan fingerprint density at radius 1 is 1.28 bits per heavy atom. The average molecular weight is 374 g/mol. The van der Waals surface area contributed by atoms with Gasteiger partial charge in [-0.15, -0.1) is 0 Å². The lowest BCUT2D eigenvalue weighted by molar-refractivity contribution is -0.179. The molecule has 0 radical (unpaired) electrons. The highest BCUT2D eigenvalue weighted by atomic mass is 127. The number of benzene rings is 1. The van der Waals surface area contributed by atoms with Crippen LogP contribution >= 0.6 is 22.6 Å². The zero-order valence-corrected chi connectivity index (χ0v) is 11.1. The zero-order chi connectivity index (χ0) is 13.7. The minimum atomic E-state index is -4.78. The monoisotopic (exact) mass is 374 g/mol. The van der Waals surface area contributed by atoms with Crippen molar-refractivity contribution in [3.63, 3.8) is 0 Å². The first-order valence-electron chi connectivity index (χ1n) is 4.80. The second kappa shape index (κ2) is 3.97. The zero-order valence-electron chi connectivity index (χ0n) is 8.95. The summed E-state index contributed by atoms with van der Waals surface area (Å²) >= 11 is 1.69. The van der Waals surface area contributed by atoms with Crippen molar-refractivity contribution >= 4 is 39.9 Å². The fourth-order valence-corrected chi connectivity index (χ4v) is 1.99. The number of hydrogen-bond acceptors (Lipinski definition) is 2. The third-order valence-electron chi connectivity index (χ3n) is 2.71. The minimum absolute atomic E-state index is 0.0904. The summed E-state index contributed by atoms with van der Waals surface area (Å²) in [5.74, 6) is -1.87. The quantitative estimate of drug-likeness (QED) is 0.542. The summed E-state index contributed by atoms with van der Waals surface area (Å²) in [7, 11) is 0. The third kappa shape index (κ3) is 1.91. The van der Waals surface area contributed by atoms with Crippen molar-refractivity contribution in [3.05, 3.63) is 21.5 Å². The lowest BCUT2D eigenvalue weighted by Crippen LogP contribution is -2.60. The maximum Gasteiger partial charge on any atom is 0.420 e. The Morgan fingerprint density at radius 2 is 1.89 bits per heavy atom. The van der Waals surface area contributed by atoms with E-state index in [2.05, 4.69) is 10.6 Å². The summed E-state index contributed by atoms with van der Waals surface area (Å²) in [4.78, 5) is 11.5. The molecule has 0 saturated carbocycles. The number of rotatable bonds is 0. The van der Waals surface area contributed by atoms with Crippen molar-refractivity contribution in [2.45, 2.75) is 18.6 Å². The van der Waals surface area contributed by atoms with Crippen LogP contribution in [0.3, 0.4) is 0 Å². The molecule has 8 heteroatoms. The van der Waals surface area contributed by atoms with E-state index in [1.807, 2.05) is 0 Å². The predicted octanol–water partition coefficient (Wildman–Crippen LogP) is 3.12. The highest BCUT2D eigenvalue weighted by molar-refractivity contribution is 14.1. The van der Waals surface area contributed by atoms with Crippen molar-refractivity contribution in [2.75, 3.05) is 10.6 Å². The molecule has 0 fully saturated rings. The highest BCUT2D eigenvalue weighted by Crippen LogP contribution is 2.40. The van der Waals surface area contributed by atoms with Crippen LogP contribution in [0, 0.1) is 9.39 Å². The summed E-state index contributed by atoms with van der Waals surface area (Å²) < 4.78 is 52.0. The molecule has 1 unspecified atom stereocenters. The smallest absolute Gasteiger partial charge is 0.362 e. The fraction of sp³-hybridized carbons (Fsp3) is 0.300. The van der Waals surface area contributed by atoms with E-state index in [-0.39, 0.29) is 14.9 Å². The van der Waals surface area contributed by atoms with Gasteiger partial charge in [-0.2, -0.15) is 13.2 Å². The number of carbonyl (C=O) groups is 1. The van der Waals surface area contributed by atoms with Gasteiger partial charge in [0, 0.05) is 6.07 Å². The number of carbonyl (C=O) groups excluding carboxylic acids is 1. The molecule has 2 N–H and O–H groups in total. The SMILES string of the molecule is CC1(C(F)(F)F)Nc2cc(F)c(I)cc2NC1=O. The van der Waals surface area contributed by atoms with Crippen LogP contribution in [0.15, 0.2) is 12.1 Å². The van der Waals surface area contributed by atoms with Gasteiger partial charge in [-0.1, -0.05) is 0 Å². The number of halogens is 5. The molecule has 2 rings (SSSR count). The molecule has 98 valence electrons. The molecule has 0 spiro atoms. The van der Waals surface area contributed by atoms with Gasteiger partial charge in [-0.3, -0.25) is 4.79 Å². The molecule has 3 nitrogen and oxygen atoms in total. The fourth-order valence-electron chi connectivity index (χ4n) is 1.53. The molecule has 1 aromatic carbocycles. The molecule has 1 aliphatic heterocycles. The summed E-state index contributed by atoms with van der Waals surface area (Å²) in [6, 6.07) is 2.20. The molecule has 1 aliphatic rings. The van der Waals surface area contributed by atoms with Gasteiger partial charge in [0.2, 0.25) is 5.54 Å². The Kier molecular flexibility index (Phi) is 2.95. The molecule has 1 amide bonds. The van der Waals surface area contributed by atoms with E-state index in [0.717, 1.165) is 6.07 Å². The Morgan fingerprint density at radius 3 is 2.44 bits per heavy atom. The van der Waals surface area contributed by atoms with Gasteiger partial charge in [-0.25, -0.2) is 4.39 Å². The van der Waals surface area contributed by atoms with E-state index in [1.165, 1.54) is 6.07 Å². The molecule has 1 aromatic rings. The van der Waals surface area contributed by atoms with Crippen LogP contribution in [0.5, 0.6) is 0 Å². The summed E-state index contributed by atoms with van der Waals surface area (Å²) in [5, 5.41) is 4.18. The normalized spacial score (nSPS) is 23.1.